The van der Waals surface area contributed by atoms with Crippen LogP contribution < -0.4 is 0 Å². The van der Waals surface area contributed by atoms with E-state index in [4.69, 9.17) is 27.9 Å². The number of aromatic nitrogens is 2. The van der Waals surface area contributed by atoms with Gasteiger partial charge >= 0.3 is 0 Å². The number of nitrogens with zero attached hydrogens (tertiary/aromatic N) is 2. The van der Waals surface area contributed by atoms with Crippen LogP contribution in [-0.2, 0) is 4.74 Å². The van der Waals surface area contributed by atoms with Crippen LogP contribution >= 0.6 is 23.2 Å². The summed E-state index contributed by atoms with van der Waals surface area (Å²) >= 11 is 12.5. The smallest absolute Gasteiger partial charge is 0.160 e. The second-order valence-electron chi connectivity index (χ2n) is 4.50. The van der Waals surface area contributed by atoms with Gasteiger partial charge < -0.3 is 4.74 Å². The van der Waals surface area contributed by atoms with Crippen molar-refractivity contribution in [3.8, 4) is 11.1 Å². The van der Waals surface area contributed by atoms with Crippen LogP contribution in [0.3, 0.4) is 0 Å². The lowest BCUT2D eigenvalue weighted by Crippen LogP contribution is -2.06. The maximum Gasteiger partial charge on any atom is 0.160 e. The molecule has 0 aliphatic heterocycles. The van der Waals surface area contributed by atoms with Crippen molar-refractivity contribution >= 4 is 23.2 Å². The van der Waals surface area contributed by atoms with Crippen molar-refractivity contribution in [2.45, 2.75) is 26.9 Å². The van der Waals surface area contributed by atoms with Crippen molar-refractivity contribution in [1.82, 2.24) is 9.97 Å². The monoisotopic (exact) mass is 310 g/mol. The van der Waals surface area contributed by atoms with E-state index in [1.807, 2.05) is 45.0 Å². The van der Waals surface area contributed by atoms with Crippen LogP contribution in [0.5, 0.6) is 0 Å². The topological polar surface area (TPSA) is 35.0 Å². The summed E-state index contributed by atoms with van der Waals surface area (Å²) < 4.78 is 5.46. The standard InChI is InChI=1S/C15H16Cl2N2O/c1-4-20-10(3)15-18-13(16)12(14(17)19-15)11-7-5-9(2)6-8-11/h5-8,10H,4H2,1-3H3. The fourth-order valence-corrected chi connectivity index (χ4v) is 2.51. The minimum absolute atomic E-state index is 0.234. The zero-order valence-electron chi connectivity index (χ0n) is 11.7. The third-order valence-corrected chi connectivity index (χ3v) is 3.51. The van der Waals surface area contributed by atoms with Gasteiger partial charge in [-0.15, -0.1) is 0 Å². The zero-order chi connectivity index (χ0) is 14.7. The quantitative estimate of drug-likeness (QED) is 0.757. The van der Waals surface area contributed by atoms with Gasteiger partial charge in [0.15, 0.2) is 5.82 Å². The number of hydrogen-bond acceptors (Lipinski definition) is 3. The van der Waals surface area contributed by atoms with Crippen LogP contribution in [0.15, 0.2) is 24.3 Å². The van der Waals surface area contributed by atoms with Crippen molar-refractivity contribution < 1.29 is 4.74 Å². The molecule has 0 fully saturated rings. The third kappa shape index (κ3) is 3.29. The Morgan fingerprint density at radius 2 is 1.65 bits per heavy atom. The summed E-state index contributed by atoms with van der Waals surface area (Å²) in [5.74, 6) is 0.498. The molecule has 0 saturated heterocycles. The summed E-state index contributed by atoms with van der Waals surface area (Å²) in [6.45, 7) is 6.40. The van der Waals surface area contributed by atoms with Crippen molar-refractivity contribution in [3.63, 3.8) is 0 Å². The van der Waals surface area contributed by atoms with Crippen LogP contribution in [0, 0.1) is 6.92 Å². The molecule has 0 radical (unpaired) electrons. The summed E-state index contributed by atoms with van der Waals surface area (Å²) in [6, 6.07) is 7.91. The van der Waals surface area contributed by atoms with E-state index >= 15 is 0 Å². The van der Waals surface area contributed by atoms with E-state index in [0.717, 1.165) is 5.56 Å². The Hall–Kier alpha value is -1.16. The van der Waals surface area contributed by atoms with Gasteiger partial charge in [-0.2, -0.15) is 0 Å². The van der Waals surface area contributed by atoms with Gasteiger partial charge in [-0.1, -0.05) is 53.0 Å². The zero-order valence-corrected chi connectivity index (χ0v) is 13.2. The van der Waals surface area contributed by atoms with Gasteiger partial charge in [0, 0.05) is 6.61 Å². The van der Waals surface area contributed by atoms with Crippen molar-refractivity contribution in [2.75, 3.05) is 6.61 Å². The van der Waals surface area contributed by atoms with E-state index in [9.17, 15) is 0 Å². The molecule has 0 aliphatic rings. The molecule has 0 saturated carbocycles. The van der Waals surface area contributed by atoms with E-state index < -0.39 is 0 Å². The Balaban J connectivity index is 2.43. The molecule has 0 bridgehead atoms. The van der Waals surface area contributed by atoms with E-state index in [2.05, 4.69) is 9.97 Å². The first-order valence-electron chi connectivity index (χ1n) is 6.44. The lowest BCUT2D eigenvalue weighted by atomic mass is 10.1. The maximum absolute atomic E-state index is 6.26. The van der Waals surface area contributed by atoms with Gasteiger partial charge in [0.25, 0.3) is 0 Å². The SMILES string of the molecule is CCOC(C)c1nc(Cl)c(-c2ccc(C)cc2)c(Cl)n1. The Kier molecular flexibility index (Phi) is 4.97. The Morgan fingerprint density at radius 1 is 1.10 bits per heavy atom. The molecule has 1 unspecified atom stereocenters. The summed E-state index contributed by atoms with van der Waals surface area (Å²) in [4.78, 5) is 8.59. The largest absolute Gasteiger partial charge is 0.371 e. The minimum atomic E-state index is -0.234. The first-order chi connectivity index (χ1) is 9.52. The fraction of sp³-hybridized carbons (Fsp3) is 0.333. The Morgan fingerprint density at radius 3 is 2.15 bits per heavy atom. The number of benzene rings is 1. The average Bonchev–Trinajstić information content (AvgIpc) is 2.40. The summed E-state index contributed by atoms with van der Waals surface area (Å²) in [6.07, 6.45) is -0.234. The lowest BCUT2D eigenvalue weighted by Gasteiger charge is -2.13. The highest BCUT2D eigenvalue weighted by Crippen LogP contribution is 2.33. The predicted molar refractivity (Wildman–Crippen MR) is 82.3 cm³/mol. The molecule has 0 spiro atoms. The molecular formula is C15H16Cl2N2O. The highest BCUT2D eigenvalue weighted by Gasteiger charge is 2.17. The van der Waals surface area contributed by atoms with Crippen LogP contribution in [0.1, 0.15) is 31.3 Å². The molecule has 2 aromatic rings. The minimum Gasteiger partial charge on any atom is -0.371 e. The van der Waals surface area contributed by atoms with Crippen molar-refractivity contribution in [3.05, 3.63) is 46.0 Å². The second kappa shape index (κ2) is 6.53. The molecular weight excluding hydrogens is 295 g/mol. The average molecular weight is 311 g/mol. The van der Waals surface area contributed by atoms with Gasteiger partial charge in [0.1, 0.15) is 16.4 Å². The molecule has 0 aliphatic carbocycles. The van der Waals surface area contributed by atoms with E-state index in [1.165, 1.54) is 5.56 Å². The van der Waals surface area contributed by atoms with Gasteiger partial charge in [-0.25, -0.2) is 9.97 Å². The Bertz CT molecular complexity index is 576. The van der Waals surface area contributed by atoms with Crippen LogP contribution in [0.2, 0.25) is 10.3 Å². The van der Waals surface area contributed by atoms with Gasteiger partial charge in [-0.3, -0.25) is 0 Å². The number of hydrogen-bond donors (Lipinski definition) is 0. The number of aryl methyl sites for hydroxylation is 1. The molecule has 20 heavy (non-hydrogen) atoms. The number of ether oxygens (including phenoxy) is 1. The van der Waals surface area contributed by atoms with E-state index in [-0.39, 0.29) is 6.10 Å². The Labute approximate surface area is 128 Å². The maximum atomic E-state index is 6.26. The first-order valence-corrected chi connectivity index (χ1v) is 7.20. The van der Waals surface area contributed by atoms with Gasteiger partial charge in [0.2, 0.25) is 0 Å². The van der Waals surface area contributed by atoms with Crippen LogP contribution in [-0.4, -0.2) is 16.6 Å². The molecule has 2 rings (SSSR count). The molecule has 106 valence electrons. The molecule has 1 atom stereocenters. The first kappa shape index (κ1) is 15.2. The highest BCUT2D eigenvalue weighted by molar-refractivity contribution is 6.37. The molecule has 1 aromatic carbocycles. The third-order valence-electron chi connectivity index (χ3n) is 2.96. The predicted octanol–water partition coefficient (Wildman–Crippen LogP) is 4.86. The molecule has 0 amide bonds. The normalized spacial score (nSPS) is 12.4. The number of halogens is 2. The van der Waals surface area contributed by atoms with Crippen LogP contribution in [0.25, 0.3) is 11.1 Å². The van der Waals surface area contributed by atoms with E-state index in [1.54, 1.807) is 0 Å². The fourth-order valence-electron chi connectivity index (χ4n) is 1.89. The molecule has 1 heterocycles. The van der Waals surface area contributed by atoms with Gasteiger partial charge in [0.05, 0.1) is 5.56 Å². The molecule has 1 aromatic heterocycles. The molecule has 5 heteroatoms. The lowest BCUT2D eigenvalue weighted by molar-refractivity contribution is 0.0701. The second-order valence-corrected chi connectivity index (χ2v) is 5.22. The summed E-state index contributed by atoms with van der Waals surface area (Å²) in [5, 5.41) is 0.686. The van der Waals surface area contributed by atoms with Crippen molar-refractivity contribution in [2.24, 2.45) is 0 Å². The molecule has 0 N–H and O–H groups in total. The highest BCUT2D eigenvalue weighted by atomic mass is 35.5. The molecule has 3 nitrogen and oxygen atoms in total. The number of rotatable bonds is 4. The van der Waals surface area contributed by atoms with Crippen molar-refractivity contribution in [1.29, 1.82) is 0 Å². The summed E-state index contributed by atoms with van der Waals surface area (Å²) in [5.41, 5.74) is 2.73. The summed E-state index contributed by atoms with van der Waals surface area (Å²) in [7, 11) is 0. The van der Waals surface area contributed by atoms with Gasteiger partial charge in [-0.05, 0) is 26.3 Å². The van der Waals surface area contributed by atoms with E-state index in [0.29, 0.717) is 28.3 Å². The van der Waals surface area contributed by atoms with Crippen LogP contribution in [0.4, 0.5) is 0 Å².